The van der Waals surface area contributed by atoms with Crippen LogP contribution in [0, 0.1) is 11.8 Å². The minimum absolute atomic E-state index is 0.205. The maximum absolute atomic E-state index is 12.3. The summed E-state index contributed by atoms with van der Waals surface area (Å²) < 4.78 is 0. The van der Waals surface area contributed by atoms with Crippen molar-refractivity contribution in [2.75, 3.05) is 13.1 Å². The van der Waals surface area contributed by atoms with Crippen molar-refractivity contribution < 1.29 is 9.59 Å². The summed E-state index contributed by atoms with van der Waals surface area (Å²) >= 11 is 0. The third kappa shape index (κ3) is 3.78. The minimum atomic E-state index is -0.476. The van der Waals surface area contributed by atoms with Gasteiger partial charge in [0.1, 0.15) is 6.04 Å². The number of nitrogens with one attached hydrogen (secondary N) is 1. The summed E-state index contributed by atoms with van der Waals surface area (Å²) in [4.78, 5) is 26.3. The number of likely N-dealkylation sites (tertiary alicyclic amines) is 1. The second-order valence-electron chi connectivity index (χ2n) is 7.03. The quantitative estimate of drug-likeness (QED) is 0.836. The fourth-order valence-corrected chi connectivity index (χ4v) is 3.66. The third-order valence-corrected chi connectivity index (χ3v) is 5.29. The van der Waals surface area contributed by atoms with Gasteiger partial charge in [-0.05, 0) is 30.7 Å². The Bertz CT molecular complexity index is 586. The van der Waals surface area contributed by atoms with Crippen LogP contribution in [0.3, 0.4) is 0 Å². The molecular weight excluding hydrogens is 302 g/mol. The molecule has 3 atom stereocenters. The molecule has 3 rings (SSSR count). The second kappa shape index (κ2) is 7.34. The fourth-order valence-electron chi connectivity index (χ4n) is 3.66. The Morgan fingerprint density at radius 1 is 1.25 bits per heavy atom. The molecule has 2 amide bonds. The van der Waals surface area contributed by atoms with Crippen molar-refractivity contribution in [3.63, 3.8) is 0 Å². The van der Waals surface area contributed by atoms with Crippen LogP contribution >= 0.6 is 0 Å². The van der Waals surface area contributed by atoms with Gasteiger partial charge in [0.25, 0.3) is 0 Å². The highest BCUT2D eigenvalue weighted by Crippen LogP contribution is 2.33. The van der Waals surface area contributed by atoms with Crippen LogP contribution in [0.5, 0.6) is 0 Å². The largest absolute Gasteiger partial charge is 0.368 e. The van der Waals surface area contributed by atoms with Crippen molar-refractivity contribution >= 4 is 11.8 Å². The first-order valence-corrected chi connectivity index (χ1v) is 8.99. The number of hydrogen-bond donors (Lipinski definition) is 2. The van der Waals surface area contributed by atoms with Crippen LogP contribution in [0.25, 0.3) is 0 Å². The van der Waals surface area contributed by atoms with Gasteiger partial charge in [0.15, 0.2) is 0 Å². The van der Waals surface area contributed by atoms with Crippen LogP contribution in [0.15, 0.2) is 30.3 Å². The van der Waals surface area contributed by atoms with Crippen LogP contribution < -0.4 is 11.1 Å². The van der Waals surface area contributed by atoms with Gasteiger partial charge in [-0.2, -0.15) is 0 Å². The van der Waals surface area contributed by atoms with E-state index in [0.29, 0.717) is 11.8 Å². The standard InChI is InChI=1S/C19H27N3O2/c1-2-13-12-22(19(24)15-8-9-15)11-10-16(13)21-17(18(20)23)14-6-4-3-5-7-14/h3-7,13,15-17,21H,2,8-12H2,1H3,(H2,20,23)/t13-,16-,17+/m1/s1. The molecule has 0 bridgehead atoms. The molecule has 2 aliphatic rings. The van der Waals surface area contributed by atoms with E-state index in [2.05, 4.69) is 12.2 Å². The van der Waals surface area contributed by atoms with Gasteiger partial charge in [0, 0.05) is 25.0 Å². The van der Waals surface area contributed by atoms with Gasteiger partial charge >= 0.3 is 0 Å². The Morgan fingerprint density at radius 3 is 2.54 bits per heavy atom. The molecule has 130 valence electrons. The summed E-state index contributed by atoms with van der Waals surface area (Å²) in [7, 11) is 0. The lowest BCUT2D eigenvalue weighted by atomic mass is 9.88. The number of primary amides is 1. The molecule has 1 saturated carbocycles. The summed E-state index contributed by atoms with van der Waals surface area (Å²) in [6.45, 7) is 3.69. The number of piperidine rings is 1. The molecule has 1 aromatic carbocycles. The van der Waals surface area contributed by atoms with Crippen LogP contribution in [-0.4, -0.2) is 35.8 Å². The first-order valence-electron chi connectivity index (χ1n) is 8.99. The molecule has 2 fully saturated rings. The van der Waals surface area contributed by atoms with Gasteiger partial charge < -0.3 is 10.6 Å². The molecule has 5 nitrogen and oxygen atoms in total. The number of carbonyl (C=O) groups excluding carboxylic acids is 2. The van der Waals surface area contributed by atoms with Gasteiger partial charge in [0.05, 0.1) is 0 Å². The minimum Gasteiger partial charge on any atom is -0.368 e. The monoisotopic (exact) mass is 329 g/mol. The first-order chi connectivity index (χ1) is 11.6. The molecular formula is C19H27N3O2. The Hall–Kier alpha value is -1.88. The Balaban J connectivity index is 1.67. The molecule has 0 spiro atoms. The molecule has 24 heavy (non-hydrogen) atoms. The Morgan fingerprint density at radius 2 is 1.96 bits per heavy atom. The maximum atomic E-state index is 12.3. The van der Waals surface area contributed by atoms with Crippen molar-refractivity contribution in [1.82, 2.24) is 10.2 Å². The van der Waals surface area contributed by atoms with E-state index in [1.807, 2.05) is 35.2 Å². The SMILES string of the molecule is CC[C@@H]1CN(C(=O)C2CC2)CC[C@H]1N[C@H](C(N)=O)c1ccccc1. The zero-order valence-electron chi connectivity index (χ0n) is 14.3. The number of amides is 2. The molecule has 1 saturated heterocycles. The average Bonchev–Trinajstić information content (AvgIpc) is 3.44. The highest BCUT2D eigenvalue weighted by molar-refractivity contribution is 5.82. The smallest absolute Gasteiger partial charge is 0.239 e. The normalized spacial score (nSPS) is 25.3. The Kier molecular flexibility index (Phi) is 5.19. The van der Waals surface area contributed by atoms with Crippen molar-refractivity contribution in [3.05, 3.63) is 35.9 Å². The molecule has 1 aliphatic carbocycles. The molecule has 0 aromatic heterocycles. The first kappa shape index (κ1) is 17.0. The summed E-state index contributed by atoms with van der Waals surface area (Å²) in [5.41, 5.74) is 6.53. The highest BCUT2D eigenvalue weighted by Gasteiger charge is 2.38. The van der Waals surface area contributed by atoms with Crippen LogP contribution in [0.2, 0.25) is 0 Å². The molecule has 0 unspecified atom stereocenters. The summed E-state index contributed by atoms with van der Waals surface area (Å²) in [5, 5.41) is 3.46. The van der Waals surface area contributed by atoms with Crippen molar-refractivity contribution in [1.29, 1.82) is 0 Å². The lowest BCUT2D eigenvalue weighted by Crippen LogP contribution is -2.53. The summed E-state index contributed by atoms with van der Waals surface area (Å²) in [6, 6.07) is 9.34. The van der Waals surface area contributed by atoms with E-state index in [1.165, 1.54) is 0 Å². The van der Waals surface area contributed by atoms with E-state index in [1.54, 1.807) is 0 Å². The zero-order valence-corrected chi connectivity index (χ0v) is 14.3. The van der Waals surface area contributed by atoms with Crippen molar-refractivity contribution in [2.45, 2.75) is 44.7 Å². The third-order valence-electron chi connectivity index (χ3n) is 5.29. The van der Waals surface area contributed by atoms with Gasteiger partial charge in [-0.25, -0.2) is 0 Å². The van der Waals surface area contributed by atoms with E-state index in [0.717, 1.165) is 44.3 Å². The molecule has 3 N–H and O–H groups in total. The number of nitrogens with zero attached hydrogens (tertiary/aromatic N) is 1. The van der Waals surface area contributed by atoms with E-state index in [4.69, 9.17) is 5.73 Å². The average molecular weight is 329 g/mol. The van der Waals surface area contributed by atoms with Gasteiger partial charge in [-0.15, -0.1) is 0 Å². The molecule has 1 aromatic rings. The molecule has 1 heterocycles. The second-order valence-corrected chi connectivity index (χ2v) is 7.03. The predicted octanol–water partition coefficient (Wildman–Crippen LogP) is 1.84. The number of nitrogens with two attached hydrogens (primary N) is 1. The van der Waals surface area contributed by atoms with E-state index in [9.17, 15) is 9.59 Å². The van der Waals surface area contributed by atoms with E-state index in [-0.39, 0.29) is 17.9 Å². The van der Waals surface area contributed by atoms with Crippen molar-refractivity contribution in [2.24, 2.45) is 17.6 Å². The fraction of sp³-hybridized carbons (Fsp3) is 0.579. The highest BCUT2D eigenvalue weighted by atomic mass is 16.2. The van der Waals surface area contributed by atoms with Gasteiger partial charge in [-0.1, -0.05) is 43.7 Å². The van der Waals surface area contributed by atoms with Gasteiger partial charge in [0.2, 0.25) is 11.8 Å². The van der Waals surface area contributed by atoms with Gasteiger partial charge in [-0.3, -0.25) is 14.9 Å². The zero-order chi connectivity index (χ0) is 17.1. The summed E-state index contributed by atoms with van der Waals surface area (Å²) in [5.74, 6) is 0.593. The maximum Gasteiger partial charge on any atom is 0.239 e. The lowest BCUT2D eigenvalue weighted by molar-refractivity contribution is -0.135. The Labute approximate surface area is 143 Å². The topological polar surface area (TPSA) is 75.4 Å². The number of carbonyl (C=O) groups is 2. The predicted molar refractivity (Wildman–Crippen MR) is 93.0 cm³/mol. The summed E-state index contributed by atoms with van der Waals surface area (Å²) in [6.07, 6.45) is 3.94. The molecule has 0 radical (unpaired) electrons. The molecule has 5 heteroatoms. The number of benzene rings is 1. The number of hydrogen-bond acceptors (Lipinski definition) is 3. The van der Waals surface area contributed by atoms with Crippen LogP contribution in [0.4, 0.5) is 0 Å². The van der Waals surface area contributed by atoms with Crippen molar-refractivity contribution in [3.8, 4) is 0 Å². The van der Waals surface area contributed by atoms with E-state index < -0.39 is 6.04 Å². The number of rotatable bonds is 6. The van der Waals surface area contributed by atoms with Crippen LogP contribution in [0.1, 0.15) is 44.2 Å². The molecule has 1 aliphatic heterocycles. The lowest BCUT2D eigenvalue weighted by Gasteiger charge is -2.40. The van der Waals surface area contributed by atoms with Crippen LogP contribution in [-0.2, 0) is 9.59 Å². The van der Waals surface area contributed by atoms with E-state index >= 15 is 0 Å².